The van der Waals surface area contributed by atoms with E-state index in [1.165, 1.54) is 12.1 Å². The van der Waals surface area contributed by atoms with Crippen LogP contribution in [0.25, 0.3) is 0 Å². The van der Waals surface area contributed by atoms with Crippen molar-refractivity contribution < 1.29 is 14.3 Å². The van der Waals surface area contributed by atoms with Gasteiger partial charge in [-0.3, -0.25) is 4.79 Å². The third-order valence-corrected chi connectivity index (χ3v) is 2.84. The number of benzene rings is 1. The molecule has 1 atom stereocenters. The topological polar surface area (TPSA) is 49.3 Å². The molecule has 0 saturated carbocycles. The lowest BCUT2D eigenvalue weighted by Crippen LogP contribution is -2.33. The minimum absolute atomic E-state index is 0.0249. The minimum Gasteiger partial charge on any atom is -0.507 e. The average Bonchev–Trinajstić information content (AvgIpc) is 2.29. The molecule has 1 amide bonds. The molecule has 0 saturated heterocycles. The second-order valence-corrected chi connectivity index (χ2v) is 4.50. The lowest BCUT2D eigenvalue weighted by atomic mass is 10.1. The first-order valence-corrected chi connectivity index (χ1v) is 6.34. The molecule has 0 radical (unpaired) electrons. The van der Waals surface area contributed by atoms with Gasteiger partial charge in [-0.25, -0.2) is 4.39 Å². The fourth-order valence-corrected chi connectivity index (χ4v) is 1.81. The van der Waals surface area contributed by atoms with E-state index in [-0.39, 0.29) is 17.4 Å². The fraction of sp³-hybridized carbons (Fsp3) is 0.500. The summed E-state index contributed by atoms with van der Waals surface area (Å²) in [5.74, 6) is -1.59. The minimum atomic E-state index is -0.701. The number of halogens is 1. The molecule has 0 heterocycles. The van der Waals surface area contributed by atoms with Gasteiger partial charge in [-0.2, -0.15) is 0 Å². The van der Waals surface area contributed by atoms with E-state index in [1.807, 2.05) is 6.92 Å². The second-order valence-electron chi connectivity index (χ2n) is 4.50. The lowest BCUT2D eigenvalue weighted by Gasteiger charge is -2.14. The van der Waals surface area contributed by atoms with E-state index < -0.39 is 11.7 Å². The van der Waals surface area contributed by atoms with Gasteiger partial charge < -0.3 is 10.4 Å². The van der Waals surface area contributed by atoms with Crippen LogP contribution < -0.4 is 5.32 Å². The van der Waals surface area contributed by atoms with Gasteiger partial charge in [0.25, 0.3) is 5.91 Å². The Morgan fingerprint density at radius 1 is 1.44 bits per heavy atom. The monoisotopic (exact) mass is 253 g/mol. The maximum Gasteiger partial charge on any atom is 0.258 e. The van der Waals surface area contributed by atoms with Crippen molar-refractivity contribution in [3.63, 3.8) is 0 Å². The van der Waals surface area contributed by atoms with Gasteiger partial charge in [0.1, 0.15) is 17.1 Å². The predicted octanol–water partition coefficient (Wildman–Crippen LogP) is 3.23. The number of phenols is 1. The fourth-order valence-electron chi connectivity index (χ4n) is 1.81. The number of rotatable bonds is 6. The summed E-state index contributed by atoms with van der Waals surface area (Å²) in [5.41, 5.74) is -0.278. The van der Waals surface area contributed by atoms with E-state index in [4.69, 9.17) is 0 Å². The van der Waals surface area contributed by atoms with Crippen molar-refractivity contribution in [1.29, 1.82) is 0 Å². The van der Waals surface area contributed by atoms with Crippen molar-refractivity contribution in [2.45, 2.75) is 45.6 Å². The molecule has 1 unspecified atom stereocenters. The van der Waals surface area contributed by atoms with Crippen LogP contribution in [-0.2, 0) is 0 Å². The molecule has 0 spiro atoms. The summed E-state index contributed by atoms with van der Waals surface area (Å²) in [4.78, 5) is 11.8. The van der Waals surface area contributed by atoms with Gasteiger partial charge in [-0.05, 0) is 25.5 Å². The van der Waals surface area contributed by atoms with Gasteiger partial charge in [0.05, 0.1) is 0 Å². The van der Waals surface area contributed by atoms with Crippen LogP contribution in [0, 0.1) is 5.82 Å². The van der Waals surface area contributed by atoms with Crippen LogP contribution in [0.2, 0.25) is 0 Å². The number of unbranched alkanes of at least 4 members (excludes halogenated alkanes) is 2. The third kappa shape index (κ3) is 4.02. The van der Waals surface area contributed by atoms with Gasteiger partial charge in [0.15, 0.2) is 0 Å². The molecule has 0 aliphatic rings. The van der Waals surface area contributed by atoms with E-state index in [2.05, 4.69) is 12.2 Å². The first kappa shape index (κ1) is 14.5. The number of hydrogen-bond donors (Lipinski definition) is 2. The van der Waals surface area contributed by atoms with Crippen molar-refractivity contribution in [2.24, 2.45) is 0 Å². The van der Waals surface area contributed by atoms with Gasteiger partial charge >= 0.3 is 0 Å². The number of carbonyl (C=O) groups is 1. The summed E-state index contributed by atoms with van der Waals surface area (Å²) in [6, 6.07) is 3.81. The SMILES string of the molecule is CCCCCC(C)NC(=O)c1c(O)cccc1F. The standard InChI is InChI=1S/C14H20FNO2/c1-3-4-5-7-10(2)16-14(18)13-11(15)8-6-9-12(13)17/h6,8-10,17H,3-5,7H2,1-2H3,(H,16,18). The summed E-state index contributed by atoms with van der Waals surface area (Å²) in [6.45, 7) is 3.99. The van der Waals surface area contributed by atoms with Crippen LogP contribution >= 0.6 is 0 Å². The van der Waals surface area contributed by atoms with Crippen molar-refractivity contribution in [3.05, 3.63) is 29.6 Å². The maximum absolute atomic E-state index is 13.4. The van der Waals surface area contributed by atoms with Gasteiger partial charge in [0.2, 0.25) is 0 Å². The molecule has 4 heteroatoms. The Labute approximate surface area is 107 Å². The number of aromatic hydroxyl groups is 1. The Morgan fingerprint density at radius 3 is 2.78 bits per heavy atom. The zero-order valence-electron chi connectivity index (χ0n) is 10.9. The Balaban J connectivity index is 2.60. The summed E-state index contributed by atoms with van der Waals surface area (Å²) in [6.07, 6.45) is 4.12. The molecule has 1 rings (SSSR count). The van der Waals surface area contributed by atoms with Crippen molar-refractivity contribution in [1.82, 2.24) is 5.32 Å². The quantitative estimate of drug-likeness (QED) is 0.765. The Bertz CT molecular complexity index is 387. The number of hydrogen-bond acceptors (Lipinski definition) is 2. The van der Waals surface area contributed by atoms with Crippen LogP contribution in [-0.4, -0.2) is 17.1 Å². The molecule has 0 aromatic heterocycles. The Hall–Kier alpha value is -1.58. The van der Waals surface area contributed by atoms with Gasteiger partial charge in [-0.15, -0.1) is 0 Å². The molecule has 1 aromatic carbocycles. The van der Waals surface area contributed by atoms with E-state index in [9.17, 15) is 14.3 Å². The highest BCUT2D eigenvalue weighted by molar-refractivity contribution is 5.97. The average molecular weight is 253 g/mol. The summed E-state index contributed by atoms with van der Waals surface area (Å²) in [5, 5.41) is 12.2. The number of carbonyl (C=O) groups excluding carboxylic acids is 1. The zero-order chi connectivity index (χ0) is 13.5. The van der Waals surface area contributed by atoms with E-state index in [1.54, 1.807) is 0 Å². The largest absolute Gasteiger partial charge is 0.507 e. The molecule has 0 aliphatic carbocycles. The Kier molecular flexibility index (Phi) is 5.62. The highest BCUT2D eigenvalue weighted by atomic mass is 19.1. The molecule has 18 heavy (non-hydrogen) atoms. The molecular formula is C14H20FNO2. The molecule has 2 N–H and O–H groups in total. The summed E-state index contributed by atoms with van der Waals surface area (Å²) in [7, 11) is 0. The van der Waals surface area contributed by atoms with E-state index >= 15 is 0 Å². The van der Waals surface area contributed by atoms with Crippen LogP contribution in [0.1, 0.15) is 49.9 Å². The van der Waals surface area contributed by atoms with Crippen LogP contribution in [0.3, 0.4) is 0 Å². The smallest absolute Gasteiger partial charge is 0.258 e. The normalized spacial score (nSPS) is 12.2. The van der Waals surface area contributed by atoms with Crippen LogP contribution in [0.4, 0.5) is 4.39 Å². The Morgan fingerprint density at radius 2 is 2.17 bits per heavy atom. The van der Waals surface area contributed by atoms with E-state index in [0.29, 0.717) is 0 Å². The van der Waals surface area contributed by atoms with Gasteiger partial charge in [0, 0.05) is 6.04 Å². The molecule has 0 bridgehead atoms. The summed E-state index contributed by atoms with van der Waals surface area (Å²) < 4.78 is 13.4. The van der Waals surface area contributed by atoms with Crippen molar-refractivity contribution in [3.8, 4) is 5.75 Å². The molecule has 0 fully saturated rings. The first-order chi connectivity index (χ1) is 8.56. The molecular weight excluding hydrogens is 233 g/mol. The van der Waals surface area contributed by atoms with Crippen LogP contribution in [0.15, 0.2) is 18.2 Å². The van der Waals surface area contributed by atoms with Crippen molar-refractivity contribution >= 4 is 5.91 Å². The highest BCUT2D eigenvalue weighted by Crippen LogP contribution is 2.19. The number of phenolic OH excluding ortho intramolecular Hbond substituents is 1. The van der Waals surface area contributed by atoms with Crippen molar-refractivity contribution in [2.75, 3.05) is 0 Å². The molecule has 0 aliphatic heterocycles. The molecule has 100 valence electrons. The third-order valence-electron chi connectivity index (χ3n) is 2.84. The number of nitrogens with one attached hydrogen (secondary N) is 1. The maximum atomic E-state index is 13.4. The second kappa shape index (κ2) is 6.99. The summed E-state index contributed by atoms with van der Waals surface area (Å²) >= 11 is 0. The van der Waals surface area contributed by atoms with Gasteiger partial charge in [-0.1, -0.05) is 32.3 Å². The first-order valence-electron chi connectivity index (χ1n) is 6.34. The predicted molar refractivity (Wildman–Crippen MR) is 69.1 cm³/mol. The lowest BCUT2D eigenvalue weighted by molar-refractivity contribution is 0.0931. The highest BCUT2D eigenvalue weighted by Gasteiger charge is 2.17. The number of amides is 1. The molecule has 3 nitrogen and oxygen atoms in total. The van der Waals surface area contributed by atoms with Crippen LogP contribution in [0.5, 0.6) is 5.75 Å². The molecule has 1 aromatic rings. The zero-order valence-corrected chi connectivity index (χ0v) is 10.9. The van der Waals surface area contributed by atoms with E-state index in [0.717, 1.165) is 31.7 Å².